The molecule has 174 valence electrons. The number of hydrogen-bond donors (Lipinski definition) is 3. The zero-order valence-electron chi connectivity index (χ0n) is 19.6. The van der Waals surface area contributed by atoms with Crippen molar-refractivity contribution >= 4 is 5.91 Å². The SMILES string of the molecule is CCCCCc1cc2c(c(O)c1C(=O)N(CCO)CCO)-c1cc(C)ccc1C(C)(C)O2. The number of hydrogen-bond acceptors (Lipinski definition) is 5. The fourth-order valence-electron chi connectivity index (χ4n) is 4.47. The van der Waals surface area contributed by atoms with Crippen LogP contribution in [0.4, 0.5) is 0 Å². The lowest BCUT2D eigenvalue weighted by atomic mass is 9.83. The van der Waals surface area contributed by atoms with Crippen molar-refractivity contribution in [3.63, 3.8) is 0 Å². The lowest BCUT2D eigenvalue weighted by Crippen LogP contribution is -2.36. The molecule has 1 aliphatic heterocycles. The molecule has 0 bridgehead atoms. The average molecular weight is 442 g/mol. The number of amides is 1. The number of carbonyl (C=O) groups excluding carboxylic acids is 1. The Balaban J connectivity index is 2.23. The van der Waals surface area contributed by atoms with Crippen LogP contribution in [-0.2, 0) is 12.0 Å². The van der Waals surface area contributed by atoms with Gasteiger partial charge in [-0.2, -0.15) is 0 Å². The van der Waals surface area contributed by atoms with Crippen molar-refractivity contribution in [3.05, 3.63) is 46.5 Å². The van der Waals surface area contributed by atoms with Crippen LogP contribution in [0.2, 0.25) is 0 Å². The Morgan fingerprint density at radius 2 is 1.78 bits per heavy atom. The zero-order valence-corrected chi connectivity index (χ0v) is 19.6. The van der Waals surface area contributed by atoms with Crippen molar-refractivity contribution in [1.82, 2.24) is 4.90 Å². The number of aliphatic hydroxyl groups excluding tert-OH is 2. The normalized spacial score (nSPS) is 13.8. The molecule has 1 heterocycles. The second-order valence-electron chi connectivity index (χ2n) is 8.99. The molecule has 0 unspecified atom stereocenters. The molecule has 0 spiro atoms. The summed E-state index contributed by atoms with van der Waals surface area (Å²) in [5, 5.41) is 30.3. The molecule has 0 atom stereocenters. The first-order valence-corrected chi connectivity index (χ1v) is 11.5. The summed E-state index contributed by atoms with van der Waals surface area (Å²) in [6.45, 7) is 7.85. The van der Waals surface area contributed by atoms with E-state index in [9.17, 15) is 20.1 Å². The monoisotopic (exact) mass is 441 g/mol. The van der Waals surface area contributed by atoms with Gasteiger partial charge in [0, 0.05) is 18.7 Å². The van der Waals surface area contributed by atoms with Crippen molar-refractivity contribution < 1.29 is 24.9 Å². The Hall–Kier alpha value is -2.57. The number of aromatic hydroxyl groups is 1. The van der Waals surface area contributed by atoms with Crippen LogP contribution in [0, 0.1) is 6.92 Å². The summed E-state index contributed by atoms with van der Waals surface area (Å²) in [6, 6.07) is 7.93. The van der Waals surface area contributed by atoms with E-state index in [1.807, 2.05) is 45.0 Å². The van der Waals surface area contributed by atoms with E-state index in [2.05, 4.69) is 6.92 Å². The lowest BCUT2D eigenvalue weighted by Gasteiger charge is -2.36. The number of benzene rings is 2. The van der Waals surface area contributed by atoms with Crippen LogP contribution in [-0.4, -0.2) is 52.4 Å². The highest BCUT2D eigenvalue weighted by atomic mass is 16.5. The standard InChI is InChI=1S/C26H35NO5/c1-5-6-7-8-18-16-21-23(19-15-17(2)9-10-20(19)26(3,4)32-21)24(30)22(18)25(31)27(11-13-28)12-14-29/h9-10,15-16,28-30H,5-8,11-14H2,1-4H3. The minimum absolute atomic E-state index is 0.0868. The third-order valence-corrected chi connectivity index (χ3v) is 6.10. The van der Waals surface area contributed by atoms with Gasteiger partial charge in [-0.15, -0.1) is 0 Å². The van der Waals surface area contributed by atoms with E-state index in [1.165, 1.54) is 4.90 Å². The van der Waals surface area contributed by atoms with Crippen LogP contribution in [0.3, 0.4) is 0 Å². The highest BCUT2D eigenvalue weighted by Gasteiger charge is 2.37. The Morgan fingerprint density at radius 3 is 2.41 bits per heavy atom. The first-order chi connectivity index (χ1) is 15.2. The van der Waals surface area contributed by atoms with E-state index in [0.717, 1.165) is 41.5 Å². The zero-order chi connectivity index (χ0) is 23.5. The molecule has 32 heavy (non-hydrogen) atoms. The van der Waals surface area contributed by atoms with Crippen molar-refractivity contribution in [1.29, 1.82) is 0 Å². The number of fused-ring (bicyclic) bond motifs is 3. The number of phenolic OH excluding ortho intramolecular Hbond substituents is 1. The Bertz CT molecular complexity index is 977. The van der Waals surface area contributed by atoms with E-state index in [-0.39, 0.29) is 43.5 Å². The number of ether oxygens (including phenoxy) is 1. The van der Waals surface area contributed by atoms with Crippen LogP contribution in [0.15, 0.2) is 24.3 Å². The van der Waals surface area contributed by atoms with Crippen molar-refractivity contribution in [3.8, 4) is 22.6 Å². The maximum Gasteiger partial charge on any atom is 0.258 e. The minimum atomic E-state index is -0.575. The molecule has 6 heteroatoms. The summed E-state index contributed by atoms with van der Waals surface area (Å²) < 4.78 is 6.34. The largest absolute Gasteiger partial charge is 0.506 e. The molecular formula is C26H35NO5. The smallest absolute Gasteiger partial charge is 0.258 e. The fourth-order valence-corrected chi connectivity index (χ4v) is 4.47. The quantitative estimate of drug-likeness (QED) is 0.509. The van der Waals surface area contributed by atoms with E-state index in [1.54, 1.807) is 0 Å². The molecule has 0 saturated heterocycles. The molecule has 1 aliphatic rings. The summed E-state index contributed by atoms with van der Waals surface area (Å²) in [6.07, 6.45) is 3.56. The van der Waals surface area contributed by atoms with Crippen LogP contribution < -0.4 is 4.74 Å². The van der Waals surface area contributed by atoms with E-state index in [4.69, 9.17) is 4.74 Å². The molecular weight excluding hydrogens is 406 g/mol. The molecule has 3 rings (SSSR count). The number of aryl methyl sites for hydroxylation is 2. The van der Waals surface area contributed by atoms with Crippen molar-refractivity contribution in [2.75, 3.05) is 26.3 Å². The highest BCUT2D eigenvalue weighted by Crippen LogP contribution is 2.51. The number of unbranched alkanes of at least 4 members (excludes halogenated alkanes) is 2. The van der Waals surface area contributed by atoms with Gasteiger partial charge in [0.25, 0.3) is 5.91 Å². The number of rotatable bonds is 9. The summed E-state index contributed by atoms with van der Waals surface area (Å²) >= 11 is 0. The maximum atomic E-state index is 13.5. The molecule has 0 aliphatic carbocycles. The van der Waals surface area contributed by atoms with E-state index < -0.39 is 5.60 Å². The number of phenols is 1. The molecule has 6 nitrogen and oxygen atoms in total. The molecule has 2 aromatic carbocycles. The predicted molar refractivity (Wildman–Crippen MR) is 125 cm³/mol. The van der Waals surface area contributed by atoms with Crippen LogP contribution >= 0.6 is 0 Å². The highest BCUT2D eigenvalue weighted by molar-refractivity contribution is 6.02. The maximum absolute atomic E-state index is 13.5. The predicted octanol–water partition coefficient (Wildman–Crippen LogP) is 4.15. The summed E-state index contributed by atoms with van der Waals surface area (Å²) in [5.41, 5.74) is 3.77. The molecule has 3 N–H and O–H groups in total. The minimum Gasteiger partial charge on any atom is -0.506 e. The van der Waals surface area contributed by atoms with E-state index in [0.29, 0.717) is 17.7 Å². The number of nitrogens with zero attached hydrogens (tertiary/aromatic N) is 1. The van der Waals surface area contributed by atoms with Gasteiger partial charge in [-0.05, 0) is 50.8 Å². The van der Waals surface area contributed by atoms with Gasteiger partial charge in [0.2, 0.25) is 0 Å². The summed E-state index contributed by atoms with van der Waals surface area (Å²) in [5.74, 6) is 0.0886. The van der Waals surface area contributed by atoms with Gasteiger partial charge < -0.3 is 25.0 Å². The average Bonchev–Trinajstić information content (AvgIpc) is 2.72. The van der Waals surface area contributed by atoms with Gasteiger partial charge in [0.05, 0.1) is 24.3 Å². The Morgan fingerprint density at radius 1 is 1.09 bits per heavy atom. The summed E-state index contributed by atoms with van der Waals surface area (Å²) in [4.78, 5) is 14.9. The molecule has 0 fully saturated rings. The van der Waals surface area contributed by atoms with Crippen LogP contribution in [0.25, 0.3) is 11.1 Å². The molecule has 0 saturated carbocycles. The summed E-state index contributed by atoms with van der Waals surface area (Å²) in [7, 11) is 0. The lowest BCUT2D eigenvalue weighted by molar-refractivity contribution is 0.0680. The first-order valence-electron chi connectivity index (χ1n) is 11.5. The Labute approximate surface area is 190 Å². The van der Waals surface area contributed by atoms with Crippen molar-refractivity contribution in [2.45, 2.75) is 59.0 Å². The Kier molecular flexibility index (Phi) is 7.47. The van der Waals surface area contributed by atoms with Gasteiger partial charge in [-0.25, -0.2) is 0 Å². The molecule has 1 amide bonds. The molecule has 2 aromatic rings. The van der Waals surface area contributed by atoms with Crippen molar-refractivity contribution in [2.24, 2.45) is 0 Å². The number of aliphatic hydroxyl groups is 2. The van der Waals surface area contributed by atoms with Gasteiger partial charge in [0.15, 0.2) is 0 Å². The topological polar surface area (TPSA) is 90.2 Å². The first kappa shape index (κ1) is 24.1. The molecule has 0 aromatic heterocycles. The number of carbonyl (C=O) groups is 1. The van der Waals surface area contributed by atoms with Crippen LogP contribution in [0.1, 0.15) is 67.1 Å². The van der Waals surface area contributed by atoms with Gasteiger partial charge >= 0.3 is 0 Å². The van der Waals surface area contributed by atoms with Gasteiger partial charge in [0.1, 0.15) is 17.1 Å². The van der Waals surface area contributed by atoms with Gasteiger partial charge in [-0.3, -0.25) is 4.79 Å². The second-order valence-corrected chi connectivity index (χ2v) is 8.99. The van der Waals surface area contributed by atoms with Crippen LogP contribution in [0.5, 0.6) is 11.5 Å². The van der Waals surface area contributed by atoms with Gasteiger partial charge in [-0.1, -0.05) is 43.5 Å². The molecule has 0 radical (unpaired) electrons. The van der Waals surface area contributed by atoms with E-state index >= 15 is 0 Å². The second kappa shape index (κ2) is 9.92. The fraction of sp³-hybridized carbons (Fsp3) is 0.500. The third-order valence-electron chi connectivity index (χ3n) is 6.10. The third kappa shape index (κ3) is 4.62.